The minimum absolute atomic E-state index is 0.351. The second-order valence-corrected chi connectivity index (χ2v) is 7.16. The molecule has 2 aliphatic rings. The van der Waals surface area contributed by atoms with Crippen molar-refractivity contribution in [3.05, 3.63) is 59.2 Å². The topological polar surface area (TPSA) is 82.1 Å². The first kappa shape index (κ1) is 18.5. The predicted octanol–water partition coefficient (Wildman–Crippen LogP) is 2.36. The van der Waals surface area contributed by atoms with Gasteiger partial charge in [0.1, 0.15) is 0 Å². The Balaban J connectivity index is 1.88. The Hall–Kier alpha value is -2.90. The molecule has 0 spiro atoms. The number of hydrogen-bond acceptors (Lipinski definition) is 4. The molecule has 1 saturated heterocycles. The number of para-hydroxylation sites is 1. The number of amides is 3. The molecule has 28 heavy (non-hydrogen) atoms. The zero-order chi connectivity index (χ0) is 19.9. The molecule has 0 bridgehead atoms. The summed E-state index contributed by atoms with van der Waals surface area (Å²) in [5.74, 6) is -0.531. The lowest BCUT2D eigenvalue weighted by Crippen LogP contribution is -2.64. The van der Waals surface area contributed by atoms with Crippen molar-refractivity contribution in [2.75, 3.05) is 36.5 Å². The maximum Gasteiger partial charge on any atom is 0.329 e. The number of nitrogens with one attached hydrogen (secondary N) is 1. The van der Waals surface area contributed by atoms with Crippen LogP contribution in [0.15, 0.2) is 42.5 Å². The molecular formula is C21H23N3O4. The Bertz CT molecular complexity index is 939. The first-order chi connectivity index (χ1) is 13.4. The minimum Gasteiger partial charge on any atom is -0.378 e. The molecule has 1 atom stereocenters. The monoisotopic (exact) mass is 381 g/mol. The fourth-order valence-corrected chi connectivity index (χ4v) is 3.70. The van der Waals surface area contributed by atoms with Crippen molar-refractivity contribution >= 4 is 23.3 Å². The fourth-order valence-electron chi connectivity index (χ4n) is 3.70. The van der Waals surface area contributed by atoms with Gasteiger partial charge in [-0.2, -0.15) is 0 Å². The number of benzene rings is 2. The van der Waals surface area contributed by atoms with Gasteiger partial charge in [0.15, 0.2) is 0 Å². The van der Waals surface area contributed by atoms with Crippen LogP contribution < -0.4 is 10.2 Å². The third kappa shape index (κ3) is 2.83. The standard InChI is InChI=1S/C21H23N3O4/c1-14-7-8-16(13-15(14)2)24-20(26)22-18-6-4-3-5-17(18)21(24,27)19(25)23-9-11-28-12-10-23/h3-8,13,27H,9-12H2,1-2H3,(H,22,26). The lowest BCUT2D eigenvalue weighted by Gasteiger charge is -2.45. The Kier molecular flexibility index (Phi) is 4.56. The van der Waals surface area contributed by atoms with Crippen molar-refractivity contribution in [1.82, 2.24) is 4.90 Å². The largest absolute Gasteiger partial charge is 0.378 e. The zero-order valence-corrected chi connectivity index (χ0v) is 15.9. The summed E-state index contributed by atoms with van der Waals surface area (Å²) in [5, 5.41) is 14.6. The molecule has 2 aliphatic heterocycles. The van der Waals surface area contributed by atoms with Crippen molar-refractivity contribution in [2.24, 2.45) is 0 Å². The molecule has 4 rings (SSSR count). The summed E-state index contributed by atoms with van der Waals surface area (Å²) in [5.41, 5.74) is 1.12. The number of anilines is 2. The lowest BCUT2D eigenvalue weighted by atomic mass is 9.93. The highest BCUT2D eigenvalue weighted by Gasteiger charge is 2.53. The van der Waals surface area contributed by atoms with Gasteiger partial charge in [-0.15, -0.1) is 0 Å². The summed E-state index contributed by atoms with van der Waals surface area (Å²) in [6.45, 7) is 5.43. The van der Waals surface area contributed by atoms with Crippen LogP contribution in [0.2, 0.25) is 0 Å². The number of nitrogens with zero attached hydrogens (tertiary/aromatic N) is 2. The average molecular weight is 381 g/mol. The molecule has 3 amide bonds. The molecule has 1 unspecified atom stereocenters. The highest BCUT2D eigenvalue weighted by molar-refractivity contribution is 6.11. The third-order valence-corrected chi connectivity index (χ3v) is 5.42. The Morgan fingerprint density at radius 3 is 2.54 bits per heavy atom. The number of morpholine rings is 1. The van der Waals surface area contributed by atoms with Gasteiger partial charge in [-0.3, -0.25) is 9.69 Å². The zero-order valence-electron chi connectivity index (χ0n) is 15.9. The van der Waals surface area contributed by atoms with E-state index >= 15 is 0 Å². The van der Waals surface area contributed by atoms with Crippen LogP contribution in [0, 0.1) is 13.8 Å². The summed E-state index contributed by atoms with van der Waals surface area (Å²) >= 11 is 0. The maximum atomic E-state index is 13.5. The van der Waals surface area contributed by atoms with E-state index in [-0.39, 0.29) is 0 Å². The Morgan fingerprint density at radius 2 is 1.82 bits per heavy atom. The number of ether oxygens (including phenoxy) is 1. The van der Waals surface area contributed by atoms with Crippen LogP contribution in [0.4, 0.5) is 16.2 Å². The van der Waals surface area contributed by atoms with Gasteiger partial charge in [-0.05, 0) is 43.2 Å². The van der Waals surface area contributed by atoms with Gasteiger partial charge in [0, 0.05) is 24.3 Å². The third-order valence-electron chi connectivity index (χ3n) is 5.42. The highest BCUT2D eigenvalue weighted by Crippen LogP contribution is 2.41. The number of carbonyl (C=O) groups is 2. The van der Waals surface area contributed by atoms with Gasteiger partial charge in [0.25, 0.3) is 11.6 Å². The van der Waals surface area contributed by atoms with Crippen molar-refractivity contribution in [1.29, 1.82) is 0 Å². The normalized spacial score (nSPS) is 21.9. The molecular weight excluding hydrogens is 358 g/mol. The summed E-state index contributed by atoms with van der Waals surface area (Å²) in [6, 6.07) is 11.7. The Morgan fingerprint density at radius 1 is 1.11 bits per heavy atom. The van der Waals surface area contributed by atoms with Crippen LogP contribution in [0.5, 0.6) is 0 Å². The smallest absolute Gasteiger partial charge is 0.329 e. The van der Waals surface area contributed by atoms with Gasteiger partial charge in [0.05, 0.1) is 18.9 Å². The van der Waals surface area contributed by atoms with Crippen LogP contribution in [-0.2, 0) is 15.3 Å². The van der Waals surface area contributed by atoms with Crippen molar-refractivity contribution in [3.8, 4) is 0 Å². The average Bonchev–Trinajstić information content (AvgIpc) is 2.70. The van der Waals surface area contributed by atoms with Crippen molar-refractivity contribution in [3.63, 3.8) is 0 Å². The molecule has 0 radical (unpaired) electrons. The SMILES string of the molecule is Cc1ccc(N2C(=O)Nc3ccccc3C2(O)C(=O)N2CCOCC2)cc1C. The summed E-state index contributed by atoms with van der Waals surface area (Å²) in [6.07, 6.45) is 0. The van der Waals surface area contributed by atoms with E-state index in [0.29, 0.717) is 43.2 Å². The van der Waals surface area contributed by atoms with E-state index in [9.17, 15) is 14.7 Å². The van der Waals surface area contributed by atoms with E-state index in [4.69, 9.17) is 4.74 Å². The molecule has 2 aromatic carbocycles. The summed E-state index contributed by atoms with van der Waals surface area (Å²) in [7, 11) is 0. The van der Waals surface area contributed by atoms with Crippen LogP contribution in [0.3, 0.4) is 0 Å². The molecule has 0 aromatic heterocycles. The van der Waals surface area contributed by atoms with Crippen LogP contribution in [-0.4, -0.2) is 48.2 Å². The van der Waals surface area contributed by atoms with E-state index in [0.717, 1.165) is 16.0 Å². The van der Waals surface area contributed by atoms with Crippen molar-refractivity contribution in [2.45, 2.75) is 19.6 Å². The second-order valence-electron chi connectivity index (χ2n) is 7.16. The van der Waals surface area contributed by atoms with E-state index in [1.165, 1.54) is 0 Å². The van der Waals surface area contributed by atoms with Crippen LogP contribution in [0.1, 0.15) is 16.7 Å². The number of carbonyl (C=O) groups excluding carboxylic acids is 2. The van der Waals surface area contributed by atoms with Gasteiger partial charge in [-0.25, -0.2) is 4.79 Å². The summed E-state index contributed by atoms with van der Waals surface area (Å²) < 4.78 is 5.33. The minimum atomic E-state index is -2.14. The molecule has 1 fully saturated rings. The lowest BCUT2D eigenvalue weighted by molar-refractivity contribution is -0.156. The van der Waals surface area contributed by atoms with Gasteiger partial charge >= 0.3 is 6.03 Å². The van der Waals surface area contributed by atoms with E-state index in [2.05, 4.69) is 5.32 Å². The van der Waals surface area contributed by atoms with E-state index in [1.807, 2.05) is 19.9 Å². The van der Waals surface area contributed by atoms with E-state index in [1.54, 1.807) is 41.3 Å². The van der Waals surface area contributed by atoms with Crippen molar-refractivity contribution < 1.29 is 19.4 Å². The quantitative estimate of drug-likeness (QED) is 0.837. The molecule has 2 N–H and O–H groups in total. The molecule has 146 valence electrons. The molecule has 7 nitrogen and oxygen atoms in total. The number of hydrogen-bond donors (Lipinski definition) is 2. The first-order valence-corrected chi connectivity index (χ1v) is 9.30. The van der Waals surface area contributed by atoms with Crippen LogP contribution in [0.25, 0.3) is 0 Å². The number of aryl methyl sites for hydroxylation is 2. The predicted molar refractivity (Wildman–Crippen MR) is 105 cm³/mol. The number of aliphatic hydroxyl groups is 1. The maximum absolute atomic E-state index is 13.5. The highest BCUT2D eigenvalue weighted by atomic mass is 16.5. The molecule has 7 heteroatoms. The van der Waals surface area contributed by atoms with E-state index < -0.39 is 17.7 Å². The molecule has 2 aromatic rings. The second kappa shape index (κ2) is 6.92. The fraction of sp³-hybridized carbons (Fsp3) is 0.333. The van der Waals surface area contributed by atoms with Gasteiger partial charge in [0.2, 0.25) is 0 Å². The number of urea groups is 1. The van der Waals surface area contributed by atoms with Gasteiger partial charge < -0.3 is 20.1 Å². The summed E-state index contributed by atoms with van der Waals surface area (Å²) in [4.78, 5) is 29.2. The Labute approximate surface area is 163 Å². The van der Waals surface area contributed by atoms with Crippen LogP contribution >= 0.6 is 0 Å². The first-order valence-electron chi connectivity index (χ1n) is 9.30. The number of fused-ring (bicyclic) bond motifs is 1. The molecule has 2 heterocycles. The molecule has 0 saturated carbocycles. The molecule has 0 aliphatic carbocycles. The number of rotatable bonds is 2. The van der Waals surface area contributed by atoms with Gasteiger partial charge in [-0.1, -0.05) is 24.3 Å².